The summed E-state index contributed by atoms with van der Waals surface area (Å²) in [6.07, 6.45) is 4.15. The van der Waals surface area contributed by atoms with E-state index in [0.29, 0.717) is 22.3 Å². The second kappa shape index (κ2) is 7.20. The minimum absolute atomic E-state index is 0.0838. The van der Waals surface area contributed by atoms with E-state index in [4.69, 9.17) is 5.73 Å². The van der Waals surface area contributed by atoms with E-state index in [1.807, 2.05) is 11.8 Å². The zero-order valence-electron chi connectivity index (χ0n) is 11.6. The number of halogens is 1. The first-order chi connectivity index (χ1) is 8.99. The number of amides is 1. The van der Waals surface area contributed by atoms with Crippen LogP contribution in [0.1, 0.15) is 37.0 Å². The predicted octanol–water partition coefficient (Wildman–Crippen LogP) is 3.68. The fraction of sp³-hybridized carbons (Fsp3) is 0.500. The molecule has 0 saturated carbocycles. The third kappa shape index (κ3) is 3.89. The molecule has 0 bridgehead atoms. The van der Waals surface area contributed by atoms with Crippen molar-refractivity contribution in [2.24, 2.45) is 0 Å². The molecular weight excluding hydrogens is 324 g/mol. The molecule has 0 aliphatic heterocycles. The third-order valence-corrected chi connectivity index (χ3v) is 6.04. The van der Waals surface area contributed by atoms with Crippen LogP contribution in [0.5, 0.6) is 0 Å². The van der Waals surface area contributed by atoms with Gasteiger partial charge in [-0.25, -0.2) is 0 Å². The number of hydrogen-bond donors (Lipinski definition) is 2. The number of anilines is 1. The van der Waals surface area contributed by atoms with Gasteiger partial charge in [0.1, 0.15) is 0 Å². The number of thioether (sulfide) groups is 1. The molecule has 1 aromatic carbocycles. The van der Waals surface area contributed by atoms with Crippen LogP contribution in [0.3, 0.4) is 0 Å². The Bertz CT molecular complexity index is 439. The van der Waals surface area contributed by atoms with Gasteiger partial charge in [-0.1, -0.05) is 19.9 Å². The van der Waals surface area contributed by atoms with Gasteiger partial charge in [0.2, 0.25) is 0 Å². The predicted molar refractivity (Wildman–Crippen MR) is 87.7 cm³/mol. The van der Waals surface area contributed by atoms with Crippen molar-refractivity contribution < 1.29 is 4.79 Å². The maximum atomic E-state index is 12.2. The Labute approximate surface area is 127 Å². The minimum atomic E-state index is -0.0838. The van der Waals surface area contributed by atoms with Crippen molar-refractivity contribution in [1.82, 2.24) is 5.32 Å². The Morgan fingerprint density at radius 2 is 2.05 bits per heavy atom. The lowest BCUT2D eigenvalue weighted by molar-refractivity contribution is 0.0948. The first kappa shape index (κ1) is 16.4. The van der Waals surface area contributed by atoms with Gasteiger partial charge in [0, 0.05) is 17.0 Å². The zero-order chi connectivity index (χ0) is 14.5. The zero-order valence-corrected chi connectivity index (χ0v) is 14.0. The number of carbonyl (C=O) groups is 1. The number of rotatable bonds is 6. The van der Waals surface area contributed by atoms with E-state index in [2.05, 4.69) is 41.3 Å². The number of nitrogens with two attached hydrogens (primary N) is 1. The molecule has 0 atom stereocenters. The van der Waals surface area contributed by atoms with Crippen molar-refractivity contribution in [2.75, 3.05) is 18.5 Å². The Kier molecular flexibility index (Phi) is 6.20. The molecule has 3 nitrogen and oxygen atoms in total. The van der Waals surface area contributed by atoms with Crippen LogP contribution >= 0.6 is 27.7 Å². The van der Waals surface area contributed by atoms with Gasteiger partial charge in [0.25, 0.3) is 5.91 Å². The minimum Gasteiger partial charge on any atom is -0.398 e. The van der Waals surface area contributed by atoms with E-state index < -0.39 is 0 Å². The van der Waals surface area contributed by atoms with Crippen LogP contribution in [0, 0.1) is 0 Å². The summed E-state index contributed by atoms with van der Waals surface area (Å²) in [5.74, 6) is -0.0838. The number of nitrogens with one attached hydrogen (secondary N) is 1. The van der Waals surface area contributed by atoms with E-state index in [1.54, 1.807) is 18.2 Å². The number of benzene rings is 1. The van der Waals surface area contributed by atoms with Crippen molar-refractivity contribution in [3.05, 3.63) is 28.2 Å². The summed E-state index contributed by atoms with van der Waals surface area (Å²) in [4.78, 5) is 12.2. The number of hydrogen-bond acceptors (Lipinski definition) is 3. The molecule has 0 spiro atoms. The summed E-state index contributed by atoms with van der Waals surface area (Å²) in [5, 5.41) is 3.02. The molecule has 0 heterocycles. The van der Waals surface area contributed by atoms with Gasteiger partial charge in [0.15, 0.2) is 0 Å². The normalized spacial score (nSPS) is 11.4. The Morgan fingerprint density at radius 3 is 2.58 bits per heavy atom. The van der Waals surface area contributed by atoms with Gasteiger partial charge in [-0.2, -0.15) is 11.8 Å². The van der Waals surface area contributed by atoms with Crippen LogP contribution in [0.15, 0.2) is 22.7 Å². The highest BCUT2D eigenvalue weighted by Gasteiger charge is 2.26. The Hall–Kier alpha value is -0.680. The van der Waals surface area contributed by atoms with Crippen LogP contribution in [0.2, 0.25) is 0 Å². The molecule has 0 saturated heterocycles. The molecule has 1 rings (SSSR count). The van der Waals surface area contributed by atoms with Crippen molar-refractivity contribution in [1.29, 1.82) is 0 Å². The summed E-state index contributed by atoms with van der Waals surface area (Å²) in [7, 11) is 0. The van der Waals surface area contributed by atoms with Gasteiger partial charge in [-0.3, -0.25) is 4.79 Å². The number of carbonyl (C=O) groups excluding carboxylic acids is 1. The highest BCUT2D eigenvalue weighted by atomic mass is 79.9. The summed E-state index contributed by atoms with van der Waals surface area (Å²) >= 11 is 5.17. The molecule has 3 N–H and O–H groups in total. The van der Waals surface area contributed by atoms with E-state index >= 15 is 0 Å². The largest absolute Gasteiger partial charge is 0.398 e. The maximum absolute atomic E-state index is 12.2. The van der Waals surface area contributed by atoms with Crippen molar-refractivity contribution in [2.45, 2.75) is 31.4 Å². The summed E-state index contributed by atoms with van der Waals surface area (Å²) in [5.41, 5.74) is 6.95. The number of nitrogen functional groups attached to an aromatic ring is 1. The SMILES string of the molecule is CCC(CC)(CNC(=O)c1cccc(N)c1Br)SC. The van der Waals surface area contributed by atoms with E-state index in [-0.39, 0.29) is 10.7 Å². The molecule has 0 fully saturated rings. The average Bonchev–Trinajstić information content (AvgIpc) is 2.44. The molecule has 5 heteroatoms. The lowest BCUT2D eigenvalue weighted by atomic mass is 10.0. The molecule has 1 amide bonds. The maximum Gasteiger partial charge on any atom is 0.252 e. The standard InChI is InChI=1S/C14H21BrN2OS/c1-4-14(5-2,19-3)9-17-13(18)10-7-6-8-11(16)12(10)15/h6-8H,4-5,9,16H2,1-3H3,(H,17,18). The summed E-state index contributed by atoms with van der Waals surface area (Å²) in [6.45, 7) is 4.98. The van der Waals surface area contributed by atoms with Crippen LogP contribution in [-0.2, 0) is 0 Å². The first-order valence-corrected chi connectivity index (χ1v) is 8.38. The van der Waals surface area contributed by atoms with Crippen LogP contribution in [0.25, 0.3) is 0 Å². The fourth-order valence-corrected chi connectivity index (χ4v) is 3.16. The van der Waals surface area contributed by atoms with Crippen LogP contribution < -0.4 is 11.1 Å². The molecule has 1 aromatic rings. The molecule has 0 unspecified atom stereocenters. The molecule has 0 aromatic heterocycles. The quantitative estimate of drug-likeness (QED) is 0.774. The smallest absolute Gasteiger partial charge is 0.252 e. The summed E-state index contributed by atoms with van der Waals surface area (Å²) < 4.78 is 0.776. The molecule has 19 heavy (non-hydrogen) atoms. The fourth-order valence-electron chi connectivity index (χ4n) is 1.92. The third-order valence-electron chi connectivity index (χ3n) is 3.57. The lowest BCUT2D eigenvalue weighted by Gasteiger charge is -2.29. The topological polar surface area (TPSA) is 55.1 Å². The second-order valence-corrected chi connectivity index (χ2v) is 6.55. The molecule has 0 aliphatic carbocycles. The molecular formula is C14H21BrN2OS. The Morgan fingerprint density at radius 1 is 1.42 bits per heavy atom. The Balaban J connectivity index is 2.78. The lowest BCUT2D eigenvalue weighted by Crippen LogP contribution is -2.39. The monoisotopic (exact) mass is 344 g/mol. The van der Waals surface area contributed by atoms with Gasteiger partial charge in [-0.15, -0.1) is 0 Å². The van der Waals surface area contributed by atoms with Crippen LogP contribution in [-0.4, -0.2) is 23.5 Å². The highest BCUT2D eigenvalue weighted by Crippen LogP contribution is 2.30. The molecule has 106 valence electrons. The summed E-state index contributed by atoms with van der Waals surface area (Å²) in [6, 6.07) is 5.33. The van der Waals surface area contributed by atoms with Gasteiger partial charge < -0.3 is 11.1 Å². The second-order valence-electron chi connectivity index (χ2n) is 4.49. The van der Waals surface area contributed by atoms with E-state index in [1.165, 1.54) is 0 Å². The van der Waals surface area contributed by atoms with Crippen molar-refractivity contribution in [3.8, 4) is 0 Å². The van der Waals surface area contributed by atoms with Gasteiger partial charge in [0.05, 0.1) is 10.0 Å². The van der Waals surface area contributed by atoms with E-state index in [0.717, 1.165) is 12.8 Å². The first-order valence-electron chi connectivity index (χ1n) is 6.37. The van der Waals surface area contributed by atoms with Crippen molar-refractivity contribution in [3.63, 3.8) is 0 Å². The molecule has 0 aliphatic rings. The average molecular weight is 345 g/mol. The highest BCUT2D eigenvalue weighted by molar-refractivity contribution is 9.10. The molecule has 0 radical (unpaired) electrons. The van der Waals surface area contributed by atoms with E-state index in [9.17, 15) is 4.79 Å². The van der Waals surface area contributed by atoms with Crippen molar-refractivity contribution >= 4 is 39.3 Å². The van der Waals surface area contributed by atoms with Gasteiger partial charge >= 0.3 is 0 Å². The van der Waals surface area contributed by atoms with Gasteiger partial charge in [-0.05, 0) is 47.2 Å². The van der Waals surface area contributed by atoms with Crippen LogP contribution in [0.4, 0.5) is 5.69 Å².